The zero-order chi connectivity index (χ0) is 22.9. The van der Waals surface area contributed by atoms with Gasteiger partial charge in [0.1, 0.15) is 17.4 Å². The van der Waals surface area contributed by atoms with Crippen molar-refractivity contribution in [1.29, 1.82) is 0 Å². The summed E-state index contributed by atoms with van der Waals surface area (Å²) < 4.78 is 22.7. The Bertz CT molecular complexity index is 1360. The highest BCUT2D eigenvalue weighted by Gasteiger charge is 2.35. The summed E-state index contributed by atoms with van der Waals surface area (Å²) in [6, 6.07) is 21.1. The van der Waals surface area contributed by atoms with Crippen molar-refractivity contribution in [3.8, 4) is 22.6 Å². The number of furan rings is 1. The van der Waals surface area contributed by atoms with Crippen molar-refractivity contribution < 1.29 is 23.4 Å². The third kappa shape index (κ3) is 3.40. The Morgan fingerprint density at radius 2 is 1.61 bits per heavy atom. The van der Waals surface area contributed by atoms with E-state index in [1.54, 1.807) is 25.3 Å². The lowest BCUT2D eigenvalue weighted by atomic mass is 9.90. The van der Waals surface area contributed by atoms with Crippen molar-refractivity contribution in [3.05, 3.63) is 89.8 Å². The molecule has 1 aromatic heterocycles. The van der Waals surface area contributed by atoms with Crippen LogP contribution in [-0.2, 0) is 4.74 Å². The highest BCUT2D eigenvalue weighted by atomic mass is 16.5. The second kappa shape index (κ2) is 8.39. The fourth-order valence-electron chi connectivity index (χ4n) is 4.38. The van der Waals surface area contributed by atoms with Gasteiger partial charge in [0.2, 0.25) is 0 Å². The van der Waals surface area contributed by atoms with Crippen LogP contribution in [0.3, 0.4) is 0 Å². The number of carbonyl (C=O) groups excluding carboxylic acids is 1. The lowest BCUT2D eigenvalue weighted by Gasteiger charge is -2.31. The smallest absolute Gasteiger partial charge is 0.414 e. The number of benzene rings is 3. The number of hydrogen-bond acceptors (Lipinski definition) is 5. The molecule has 1 aliphatic heterocycles. The van der Waals surface area contributed by atoms with E-state index in [0.717, 1.165) is 27.6 Å². The average molecular weight is 441 g/mol. The Hall–Kier alpha value is -4.19. The van der Waals surface area contributed by atoms with Crippen LogP contribution in [0.2, 0.25) is 0 Å². The number of methoxy groups -OCH3 is 3. The van der Waals surface area contributed by atoms with Gasteiger partial charge in [0.25, 0.3) is 0 Å². The minimum atomic E-state index is -0.516. The van der Waals surface area contributed by atoms with Gasteiger partial charge in [0.05, 0.1) is 21.3 Å². The van der Waals surface area contributed by atoms with Crippen molar-refractivity contribution in [2.75, 3.05) is 21.3 Å². The number of amides is 1. The van der Waals surface area contributed by atoms with Gasteiger partial charge in [0.15, 0.2) is 11.5 Å². The summed E-state index contributed by atoms with van der Waals surface area (Å²) in [6.07, 6.45) is 3.17. The SMILES string of the molecule is COC(=O)N1C=Cc2ccccc2[C@@H]1c1oc2cc(OC)c(OC)cc2c1-c1ccccc1. The molecular weight excluding hydrogens is 418 g/mol. The van der Waals surface area contributed by atoms with Crippen LogP contribution in [0.4, 0.5) is 4.79 Å². The van der Waals surface area contributed by atoms with E-state index >= 15 is 0 Å². The number of hydrogen-bond donors (Lipinski definition) is 0. The molecule has 1 amide bonds. The maximum Gasteiger partial charge on any atom is 0.414 e. The van der Waals surface area contributed by atoms with Crippen molar-refractivity contribution in [1.82, 2.24) is 4.90 Å². The molecule has 6 nitrogen and oxygen atoms in total. The molecule has 33 heavy (non-hydrogen) atoms. The molecular formula is C27H23NO5. The normalized spacial score (nSPS) is 14.8. The molecule has 1 aliphatic rings. The van der Waals surface area contributed by atoms with Crippen molar-refractivity contribution in [2.24, 2.45) is 0 Å². The fourth-order valence-corrected chi connectivity index (χ4v) is 4.38. The van der Waals surface area contributed by atoms with Gasteiger partial charge in [-0.25, -0.2) is 4.79 Å². The zero-order valence-corrected chi connectivity index (χ0v) is 18.6. The molecule has 0 saturated carbocycles. The summed E-state index contributed by atoms with van der Waals surface area (Å²) in [5.74, 6) is 1.80. The van der Waals surface area contributed by atoms with Crippen LogP contribution in [0, 0.1) is 0 Å². The van der Waals surface area contributed by atoms with Crippen LogP contribution in [-0.4, -0.2) is 32.3 Å². The lowest BCUT2D eigenvalue weighted by molar-refractivity contribution is 0.128. The first kappa shape index (κ1) is 20.7. The van der Waals surface area contributed by atoms with Gasteiger partial charge in [-0.2, -0.15) is 0 Å². The molecule has 0 unspecified atom stereocenters. The largest absolute Gasteiger partial charge is 0.493 e. The van der Waals surface area contributed by atoms with Crippen molar-refractivity contribution in [3.63, 3.8) is 0 Å². The van der Waals surface area contributed by atoms with E-state index in [-0.39, 0.29) is 0 Å². The molecule has 0 aliphatic carbocycles. The van der Waals surface area contributed by atoms with Gasteiger partial charge >= 0.3 is 6.09 Å². The third-order valence-electron chi connectivity index (χ3n) is 5.90. The van der Waals surface area contributed by atoms with Gasteiger partial charge in [-0.3, -0.25) is 4.90 Å². The monoisotopic (exact) mass is 441 g/mol. The van der Waals surface area contributed by atoms with Crippen LogP contribution in [0.5, 0.6) is 11.5 Å². The molecule has 4 aromatic rings. The fraction of sp³-hybridized carbons (Fsp3) is 0.148. The molecule has 0 spiro atoms. The zero-order valence-electron chi connectivity index (χ0n) is 18.6. The quantitative estimate of drug-likeness (QED) is 0.374. The van der Waals surface area contributed by atoms with Crippen LogP contribution in [0.15, 0.2) is 77.3 Å². The van der Waals surface area contributed by atoms with E-state index in [1.165, 1.54) is 7.11 Å². The number of rotatable bonds is 4. The second-order valence-electron chi connectivity index (χ2n) is 7.64. The Morgan fingerprint density at radius 3 is 2.33 bits per heavy atom. The van der Waals surface area contributed by atoms with E-state index in [0.29, 0.717) is 22.8 Å². The van der Waals surface area contributed by atoms with Gasteiger partial charge in [0, 0.05) is 23.2 Å². The summed E-state index contributed by atoms with van der Waals surface area (Å²) in [4.78, 5) is 14.4. The second-order valence-corrected chi connectivity index (χ2v) is 7.64. The van der Waals surface area contributed by atoms with E-state index in [2.05, 4.69) is 0 Å². The summed E-state index contributed by atoms with van der Waals surface area (Å²) >= 11 is 0. The molecule has 3 aromatic carbocycles. The molecule has 5 rings (SSSR count). The molecule has 0 saturated heterocycles. The van der Waals surface area contributed by atoms with Crippen LogP contribution >= 0.6 is 0 Å². The molecule has 0 fully saturated rings. The Balaban J connectivity index is 1.84. The van der Waals surface area contributed by atoms with Crippen LogP contribution in [0.1, 0.15) is 22.9 Å². The maximum absolute atomic E-state index is 12.8. The van der Waals surface area contributed by atoms with Gasteiger partial charge in [-0.05, 0) is 28.8 Å². The molecule has 1 atom stereocenters. The molecule has 6 heteroatoms. The summed E-state index contributed by atoms with van der Waals surface area (Å²) in [5, 5.41) is 0.866. The molecule has 0 radical (unpaired) electrons. The van der Waals surface area contributed by atoms with E-state index < -0.39 is 12.1 Å². The Morgan fingerprint density at radius 1 is 0.909 bits per heavy atom. The van der Waals surface area contributed by atoms with Crippen LogP contribution in [0.25, 0.3) is 28.2 Å². The maximum atomic E-state index is 12.8. The van der Waals surface area contributed by atoms with Crippen molar-refractivity contribution >= 4 is 23.1 Å². The van der Waals surface area contributed by atoms with Crippen molar-refractivity contribution in [2.45, 2.75) is 6.04 Å². The highest BCUT2D eigenvalue weighted by Crippen LogP contribution is 2.47. The molecule has 0 bridgehead atoms. The minimum Gasteiger partial charge on any atom is -0.493 e. The molecule has 166 valence electrons. The number of carbonyl (C=O) groups is 1. The number of ether oxygens (including phenoxy) is 3. The van der Waals surface area contributed by atoms with E-state index in [1.807, 2.05) is 72.8 Å². The summed E-state index contributed by atoms with van der Waals surface area (Å²) in [5.41, 5.74) is 4.45. The Labute approximate surface area is 191 Å². The summed E-state index contributed by atoms with van der Waals surface area (Å²) in [7, 11) is 4.57. The van der Waals surface area contributed by atoms with Gasteiger partial charge in [-0.15, -0.1) is 0 Å². The standard InChI is InChI=1S/C27H23NO5/c1-30-22-15-20-21(16-23(22)31-2)33-26(24(20)18-10-5-4-6-11-18)25-19-12-8-7-9-17(19)13-14-28(25)27(29)32-3/h4-16,25H,1-3H3/t25-/m1/s1. The average Bonchev–Trinajstić information content (AvgIpc) is 3.24. The lowest BCUT2D eigenvalue weighted by Crippen LogP contribution is -2.33. The topological polar surface area (TPSA) is 61.1 Å². The first-order valence-corrected chi connectivity index (χ1v) is 10.5. The predicted octanol–water partition coefficient (Wildman–Crippen LogP) is 6.26. The van der Waals surface area contributed by atoms with Crippen LogP contribution < -0.4 is 9.47 Å². The first-order chi connectivity index (χ1) is 16.2. The Kier molecular flexibility index (Phi) is 5.26. The first-order valence-electron chi connectivity index (χ1n) is 10.5. The predicted molar refractivity (Wildman–Crippen MR) is 126 cm³/mol. The van der Waals surface area contributed by atoms with Gasteiger partial charge < -0.3 is 18.6 Å². The third-order valence-corrected chi connectivity index (χ3v) is 5.90. The van der Waals surface area contributed by atoms with E-state index in [9.17, 15) is 4.79 Å². The number of fused-ring (bicyclic) bond motifs is 2. The van der Waals surface area contributed by atoms with E-state index in [4.69, 9.17) is 18.6 Å². The molecule has 2 heterocycles. The number of nitrogens with zero attached hydrogens (tertiary/aromatic N) is 1. The summed E-state index contributed by atoms with van der Waals surface area (Å²) in [6.45, 7) is 0. The minimum absolute atomic E-state index is 0.472. The molecule has 0 N–H and O–H groups in total. The van der Waals surface area contributed by atoms with Gasteiger partial charge in [-0.1, -0.05) is 54.6 Å². The highest BCUT2D eigenvalue weighted by molar-refractivity contribution is 5.98.